The van der Waals surface area contributed by atoms with Gasteiger partial charge in [0.25, 0.3) is 0 Å². The van der Waals surface area contributed by atoms with E-state index in [2.05, 4.69) is 10.1 Å². The van der Waals surface area contributed by atoms with Crippen LogP contribution in [0.3, 0.4) is 0 Å². The van der Waals surface area contributed by atoms with Gasteiger partial charge in [0.05, 0.1) is 0 Å². The number of nitrogens with zero attached hydrogens (tertiary/aromatic N) is 1. The maximum Gasteiger partial charge on any atom is 0.192 e. The van der Waals surface area contributed by atoms with Gasteiger partial charge in [0, 0.05) is 6.54 Å². The van der Waals surface area contributed by atoms with Crippen LogP contribution in [0.5, 0.6) is 5.75 Å². The lowest BCUT2D eigenvalue weighted by atomic mass is 10.2. The van der Waals surface area contributed by atoms with Crippen LogP contribution in [0, 0.1) is 23.0 Å². The molecule has 86 valence electrons. The molecule has 0 unspecified atom stereocenters. The summed E-state index contributed by atoms with van der Waals surface area (Å²) in [6.07, 6.45) is 0. The van der Waals surface area contributed by atoms with Gasteiger partial charge < -0.3 is 10.1 Å². The summed E-state index contributed by atoms with van der Waals surface area (Å²) in [4.78, 5) is 0. The van der Waals surface area contributed by atoms with Crippen molar-refractivity contribution in [3.05, 3.63) is 29.3 Å². The SMILES string of the molecule is CCNCc1cc(F)c(OCC#N)c(F)c1. The molecule has 0 aromatic heterocycles. The largest absolute Gasteiger partial charge is 0.473 e. The summed E-state index contributed by atoms with van der Waals surface area (Å²) in [6, 6.07) is 4.04. The highest BCUT2D eigenvalue weighted by atomic mass is 19.1. The van der Waals surface area contributed by atoms with Crippen LogP contribution < -0.4 is 10.1 Å². The van der Waals surface area contributed by atoms with Crippen molar-refractivity contribution in [3.8, 4) is 11.8 Å². The summed E-state index contributed by atoms with van der Waals surface area (Å²) in [7, 11) is 0. The van der Waals surface area contributed by atoms with Crippen LogP contribution >= 0.6 is 0 Å². The molecule has 0 radical (unpaired) electrons. The molecule has 0 amide bonds. The number of hydrogen-bond acceptors (Lipinski definition) is 3. The minimum Gasteiger partial charge on any atom is -0.473 e. The van der Waals surface area contributed by atoms with Crippen LogP contribution in [0.4, 0.5) is 8.78 Å². The second kappa shape index (κ2) is 6.03. The van der Waals surface area contributed by atoms with Crippen molar-refractivity contribution in [1.82, 2.24) is 5.32 Å². The van der Waals surface area contributed by atoms with Crippen molar-refractivity contribution < 1.29 is 13.5 Å². The lowest BCUT2D eigenvalue weighted by Crippen LogP contribution is -2.12. The Hall–Kier alpha value is -1.67. The van der Waals surface area contributed by atoms with Gasteiger partial charge in [-0.25, -0.2) is 8.78 Å². The number of ether oxygens (including phenoxy) is 1. The molecule has 0 saturated carbocycles. The first kappa shape index (κ1) is 12.4. The first-order chi connectivity index (χ1) is 7.69. The van der Waals surface area contributed by atoms with Crippen LogP contribution in [0.15, 0.2) is 12.1 Å². The molecule has 1 aromatic carbocycles. The summed E-state index contributed by atoms with van der Waals surface area (Å²) in [5.41, 5.74) is 0.501. The van der Waals surface area contributed by atoms with Gasteiger partial charge >= 0.3 is 0 Å². The molecule has 3 nitrogen and oxygen atoms in total. The monoisotopic (exact) mass is 226 g/mol. The minimum absolute atomic E-state index is 0.375. The quantitative estimate of drug-likeness (QED) is 0.834. The van der Waals surface area contributed by atoms with E-state index in [9.17, 15) is 8.78 Å². The van der Waals surface area contributed by atoms with E-state index in [1.165, 1.54) is 12.1 Å². The molecule has 1 aromatic rings. The summed E-state index contributed by atoms with van der Waals surface area (Å²) in [6.45, 7) is 2.64. The van der Waals surface area contributed by atoms with E-state index in [1.54, 1.807) is 6.07 Å². The third-order valence-corrected chi connectivity index (χ3v) is 1.92. The topological polar surface area (TPSA) is 45.0 Å². The van der Waals surface area contributed by atoms with Crippen molar-refractivity contribution in [2.45, 2.75) is 13.5 Å². The van der Waals surface area contributed by atoms with Gasteiger partial charge in [-0.1, -0.05) is 6.92 Å². The van der Waals surface area contributed by atoms with Gasteiger partial charge in [-0.05, 0) is 24.2 Å². The molecule has 0 aliphatic rings. The van der Waals surface area contributed by atoms with Crippen LogP contribution in [0.2, 0.25) is 0 Å². The second-order valence-electron chi connectivity index (χ2n) is 3.12. The lowest BCUT2D eigenvalue weighted by Gasteiger charge is -2.08. The lowest BCUT2D eigenvalue weighted by molar-refractivity contribution is 0.324. The first-order valence-electron chi connectivity index (χ1n) is 4.87. The third-order valence-electron chi connectivity index (χ3n) is 1.92. The predicted molar refractivity (Wildman–Crippen MR) is 54.8 cm³/mol. The molecule has 0 atom stereocenters. The molecule has 0 heterocycles. The van der Waals surface area contributed by atoms with Crippen molar-refractivity contribution in [2.24, 2.45) is 0 Å². The number of hydrogen-bond donors (Lipinski definition) is 1. The maximum atomic E-state index is 13.4. The van der Waals surface area contributed by atoms with Gasteiger partial charge in [-0.15, -0.1) is 0 Å². The zero-order valence-corrected chi connectivity index (χ0v) is 8.89. The molecule has 1 N–H and O–H groups in total. The fourth-order valence-corrected chi connectivity index (χ4v) is 1.23. The van der Waals surface area contributed by atoms with Crippen molar-refractivity contribution in [2.75, 3.05) is 13.2 Å². The highest BCUT2D eigenvalue weighted by Gasteiger charge is 2.12. The number of nitriles is 1. The highest BCUT2D eigenvalue weighted by Crippen LogP contribution is 2.23. The Morgan fingerprint density at radius 2 is 2.00 bits per heavy atom. The van der Waals surface area contributed by atoms with Crippen LogP contribution in [-0.2, 0) is 6.54 Å². The standard InChI is InChI=1S/C11H12F2N2O/c1-2-15-7-8-5-9(12)11(10(13)6-8)16-4-3-14/h5-6,15H,2,4,7H2,1H3. The zero-order chi connectivity index (χ0) is 12.0. The van der Waals surface area contributed by atoms with Crippen LogP contribution in [0.1, 0.15) is 12.5 Å². The molecule has 1 rings (SSSR count). The number of halogens is 2. The van der Waals surface area contributed by atoms with E-state index < -0.39 is 17.4 Å². The molecule has 0 bridgehead atoms. The summed E-state index contributed by atoms with van der Waals surface area (Å²) in [5.74, 6) is -2.08. The summed E-state index contributed by atoms with van der Waals surface area (Å²) in [5, 5.41) is 11.2. The maximum absolute atomic E-state index is 13.4. The molecular weight excluding hydrogens is 214 g/mol. The van der Waals surface area contributed by atoms with Crippen LogP contribution in [0.25, 0.3) is 0 Å². The molecule has 0 fully saturated rings. The van der Waals surface area contributed by atoms with E-state index in [1.807, 2.05) is 6.92 Å². The van der Waals surface area contributed by atoms with Crippen molar-refractivity contribution in [3.63, 3.8) is 0 Å². The average molecular weight is 226 g/mol. The summed E-state index contributed by atoms with van der Waals surface area (Å²) >= 11 is 0. The normalized spacial score (nSPS) is 9.88. The van der Waals surface area contributed by atoms with E-state index >= 15 is 0 Å². The van der Waals surface area contributed by atoms with Gasteiger partial charge in [0.2, 0.25) is 0 Å². The third kappa shape index (κ3) is 3.17. The van der Waals surface area contributed by atoms with E-state index in [0.29, 0.717) is 12.1 Å². The molecule has 0 aliphatic carbocycles. The predicted octanol–water partition coefficient (Wildman–Crippen LogP) is 1.98. The van der Waals surface area contributed by atoms with Crippen molar-refractivity contribution >= 4 is 0 Å². The Bertz CT molecular complexity index is 378. The number of nitrogens with one attached hydrogen (secondary N) is 1. The summed E-state index contributed by atoms with van der Waals surface area (Å²) < 4.78 is 31.4. The van der Waals surface area contributed by atoms with Gasteiger partial charge in [0.1, 0.15) is 6.07 Å². The van der Waals surface area contributed by atoms with E-state index in [4.69, 9.17) is 5.26 Å². The molecular formula is C11H12F2N2O. The fraction of sp³-hybridized carbons (Fsp3) is 0.364. The van der Waals surface area contributed by atoms with Gasteiger partial charge in [-0.2, -0.15) is 5.26 Å². The van der Waals surface area contributed by atoms with Crippen molar-refractivity contribution in [1.29, 1.82) is 5.26 Å². The fourth-order valence-electron chi connectivity index (χ4n) is 1.23. The van der Waals surface area contributed by atoms with E-state index in [0.717, 1.165) is 6.54 Å². The first-order valence-corrected chi connectivity index (χ1v) is 4.87. The zero-order valence-electron chi connectivity index (χ0n) is 8.89. The Morgan fingerprint density at radius 3 is 2.50 bits per heavy atom. The molecule has 0 saturated heterocycles. The smallest absolute Gasteiger partial charge is 0.192 e. The number of benzene rings is 1. The minimum atomic E-state index is -0.789. The van der Waals surface area contributed by atoms with Crippen LogP contribution in [-0.4, -0.2) is 13.2 Å². The molecule has 0 spiro atoms. The van der Waals surface area contributed by atoms with Gasteiger partial charge in [-0.3, -0.25) is 0 Å². The Balaban J connectivity index is 2.85. The Morgan fingerprint density at radius 1 is 1.38 bits per heavy atom. The number of rotatable bonds is 5. The second-order valence-corrected chi connectivity index (χ2v) is 3.12. The van der Waals surface area contributed by atoms with Gasteiger partial charge in [0.15, 0.2) is 24.0 Å². The average Bonchev–Trinajstić information content (AvgIpc) is 2.25. The van der Waals surface area contributed by atoms with E-state index in [-0.39, 0.29) is 6.61 Å². The molecule has 16 heavy (non-hydrogen) atoms. The highest BCUT2D eigenvalue weighted by molar-refractivity contribution is 5.31. The Kier molecular flexibility index (Phi) is 4.67. The molecule has 0 aliphatic heterocycles. The molecule has 5 heteroatoms. The Labute approximate surface area is 92.6 Å².